The Bertz CT molecular complexity index is 1040. The Kier molecular flexibility index (Phi) is 5.34. The molecule has 0 radical (unpaired) electrons. The normalized spacial score (nSPS) is 18.8. The first kappa shape index (κ1) is 19.4. The van der Waals surface area contributed by atoms with Crippen LogP contribution in [0.3, 0.4) is 0 Å². The Hall–Kier alpha value is -2.59. The third kappa shape index (κ3) is 3.65. The Morgan fingerprint density at radius 2 is 1.77 bits per heavy atom. The Labute approximate surface area is 182 Å². The predicted molar refractivity (Wildman–Crippen MR) is 120 cm³/mol. The van der Waals surface area contributed by atoms with Gasteiger partial charge in [0.15, 0.2) is 0 Å². The summed E-state index contributed by atoms with van der Waals surface area (Å²) in [5.41, 5.74) is 4.09. The number of benzene rings is 2. The van der Waals surface area contributed by atoms with Crippen molar-refractivity contribution in [2.75, 3.05) is 13.1 Å². The number of carbonyl (C=O) groups excluding carboxylic acids is 1. The Balaban J connectivity index is 1.46. The molecule has 3 heterocycles. The first-order valence-electron chi connectivity index (χ1n) is 10.9. The molecule has 2 aromatic carbocycles. The topological polar surface area (TPSA) is 38.1 Å². The fourth-order valence-corrected chi connectivity index (χ4v) is 4.93. The number of rotatable bonds is 3. The molecule has 5 heteroatoms. The molecule has 0 saturated carbocycles. The van der Waals surface area contributed by atoms with Crippen LogP contribution < -0.4 is 0 Å². The summed E-state index contributed by atoms with van der Waals surface area (Å²) in [5.74, 6) is 1.39. The van der Waals surface area contributed by atoms with Gasteiger partial charge in [-0.25, -0.2) is 4.98 Å². The van der Waals surface area contributed by atoms with Crippen LogP contribution in [0.15, 0.2) is 54.6 Å². The fourth-order valence-electron chi connectivity index (χ4n) is 4.80. The Morgan fingerprint density at radius 1 is 0.967 bits per heavy atom. The van der Waals surface area contributed by atoms with Crippen LogP contribution in [0.1, 0.15) is 53.3 Å². The number of aromatic nitrogens is 2. The molecule has 4 nitrogen and oxygen atoms in total. The molecule has 3 aromatic rings. The number of nitrogens with zero attached hydrogens (tertiary/aromatic N) is 3. The summed E-state index contributed by atoms with van der Waals surface area (Å²) in [6.07, 6.45) is 5.35. The van der Waals surface area contributed by atoms with Gasteiger partial charge in [-0.15, -0.1) is 0 Å². The summed E-state index contributed by atoms with van der Waals surface area (Å²) in [4.78, 5) is 20.4. The lowest BCUT2D eigenvalue weighted by Crippen LogP contribution is -2.29. The van der Waals surface area contributed by atoms with Crippen molar-refractivity contribution in [3.8, 4) is 11.4 Å². The van der Waals surface area contributed by atoms with Gasteiger partial charge in [-0.05, 0) is 55.5 Å². The lowest BCUT2D eigenvalue weighted by atomic mass is 9.99. The van der Waals surface area contributed by atoms with Crippen LogP contribution >= 0.6 is 11.6 Å². The fraction of sp³-hybridized carbons (Fsp3) is 0.360. The van der Waals surface area contributed by atoms with E-state index in [0.717, 1.165) is 62.4 Å². The van der Waals surface area contributed by atoms with Crippen LogP contribution in [0.25, 0.3) is 11.4 Å². The minimum absolute atomic E-state index is 0.0827. The first-order chi connectivity index (χ1) is 14.7. The predicted octanol–water partition coefficient (Wildman–Crippen LogP) is 5.56. The average Bonchev–Trinajstić information content (AvgIpc) is 3.33. The van der Waals surface area contributed by atoms with E-state index >= 15 is 0 Å². The SMILES string of the molecule is O=C(c1nc(-c2ccc(Cl)cc2)n2c1CCCCC2)N1CC[C@H](c2ccccc2)C1. The third-order valence-electron chi connectivity index (χ3n) is 6.42. The molecule has 1 saturated heterocycles. The van der Waals surface area contributed by atoms with Crippen LogP contribution in [0, 0.1) is 0 Å². The van der Waals surface area contributed by atoms with Gasteiger partial charge in [-0.1, -0.05) is 48.4 Å². The lowest BCUT2D eigenvalue weighted by molar-refractivity contribution is 0.0784. The second-order valence-corrected chi connectivity index (χ2v) is 8.78. The molecule has 2 aliphatic rings. The number of likely N-dealkylation sites (tertiary alicyclic amines) is 1. The summed E-state index contributed by atoms with van der Waals surface area (Å²) in [6, 6.07) is 18.3. The molecule has 0 aliphatic carbocycles. The van der Waals surface area contributed by atoms with Gasteiger partial charge in [0, 0.05) is 36.1 Å². The molecule has 154 valence electrons. The number of imidazole rings is 1. The summed E-state index contributed by atoms with van der Waals surface area (Å²) >= 11 is 6.09. The molecule has 1 aromatic heterocycles. The van der Waals surface area contributed by atoms with E-state index < -0.39 is 0 Å². The molecule has 0 bridgehead atoms. The number of hydrogen-bond acceptors (Lipinski definition) is 2. The van der Waals surface area contributed by atoms with Crippen molar-refractivity contribution in [2.45, 2.75) is 44.6 Å². The second-order valence-electron chi connectivity index (χ2n) is 8.35. The van der Waals surface area contributed by atoms with Crippen molar-refractivity contribution in [1.82, 2.24) is 14.5 Å². The van der Waals surface area contributed by atoms with Gasteiger partial charge in [-0.2, -0.15) is 0 Å². The van der Waals surface area contributed by atoms with E-state index in [1.165, 1.54) is 12.0 Å². The molecule has 5 rings (SSSR count). The van der Waals surface area contributed by atoms with E-state index in [-0.39, 0.29) is 5.91 Å². The standard InChI is InChI=1S/C25H26ClN3O/c26-21-12-10-19(11-13-21)24-27-23(22-9-5-2-6-15-29(22)24)25(30)28-16-14-20(17-28)18-7-3-1-4-8-18/h1,3-4,7-8,10-13,20H,2,5-6,9,14-17H2/t20-/m0/s1. The second kappa shape index (κ2) is 8.27. The van der Waals surface area contributed by atoms with Crippen LogP contribution in [-0.2, 0) is 13.0 Å². The molecule has 30 heavy (non-hydrogen) atoms. The van der Waals surface area contributed by atoms with Crippen LogP contribution in [0.5, 0.6) is 0 Å². The molecule has 1 atom stereocenters. The Morgan fingerprint density at radius 3 is 2.57 bits per heavy atom. The summed E-state index contributed by atoms with van der Waals surface area (Å²) < 4.78 is 2.27. The van der Waals surface area contributed by atoms with Crippen LogP contribution in [0.4, 0.5) is 0 Å². The van der Waals surface area contributed by atoms with Gasteiger partial charge in [0.2, 0.25) is 0 Å². The van der Waals surface area contributed by atoms with E-state index in [1.807, 2.05) is 35.2 Å². The molecule has 2 aliphatic heterocycles. The highest BCUT2D eigenvalue weighted by Crippen LogP contribution is 2.32. The minimum atomic E-state index is 0.0827. The monoisotopic (exact) mass is 419 g/mol. The largest absolute Gasteiger partial charge is 0.337 e. The third-order valence-corrected chi connectivity index (χ3v) is 6.67. The van der Waals surface area contributed by atoms with Crippen molar-refractivity contribution >= 4 is 17.5 Å². The molecular formula is C25H26ClN3O. The average molecular weight is 420 g/mol. The van der Waals surface area contributed by atoms with Gasteiger partial charge in [0.1, 0.15) is 11.5 Å². The van der Waals surface area contributed by atoms with E-state index in [2.05, 4.69) is 28.8 Å². The lowest BCUT2D eigenvalue weighted by Gasteiger charge is -2.16. The molecule has 0 N–H and O–H groups in total. The molecule has 1 fully saturated rings. The molecule has 1 amide bonds. The number of fused-ring (bicyclic) bond motifs is 1. The highest BCUT2D eigenvalue weighted by molar-refractivity contribution is 6.30. The zero-order chi connectivity index (χ0) is 20.5. The molecular weight excluding hydrogens is 394 g/mol. The van der Waals surface area contributed by atoms with Crippen molar-refractivity contribution in [2.24, 2.45) is 0 Å². The minimum Gasteiger partial charge on any atom is -0.337 e. The van der Waals surface area contributed by atoms with Crippen molar-refractivity contribution < 1.29 is 4.79 Å². The zero-order valence-corrected chi connectivity index (χ0v) is 17.8. The number of hydrogen-bond donors (Lipinski definition) is 0. The van der Waals surface area contributed by atoms with E-state index in [1.54, 1.807) is 0 Å². The molecule has 0 spiro atoms. The van der Waals surface area contributed by atoms with Crippen molar-refractivity contribution in [1.29, 1.82) is 0 Å². The summed E-state index contributed by atoms with van der Waals surface area (Å²) in [5, 5.41) is 0.710. The van der Waals surface area contributed by atoms with Gasteiger partial charge in [0.05, 0.1) is 5.69 Å². The molecule has 0 unspecified atom stereocenters. The van der Waals surface area contributed by atoms with E-state index in [9.17, 15) is 4.79 Å². The zero-order valence-electron chi connectivity index (χ0n) is 17.1. The van der Waals surface area contributed by atoms with Crippen molar-refractivity contribution in [3.63, 3.8) is 0 Å². The van der Waals surface area contributed by atoms with Gasteiger partial charge in [-0.3, -0.25) is 4.79 Å². The summed E-state index contributed by atoms with van der Waals surface area (Å²) in [6.45, 7) is 2.48. The number of amides is 1. The first-order valence-corrected chi connectivity index (χ1v) is 11.3. The van der Waals surface area contributed by atoms with Gasteiger partial charge >= 0.3 is 0 Å². The maximum absolute atomic E-state index is 13.5. The highest BCUT2D eigenvalue weighted by Gasteiger charge is 2.32. The summed E-state index contributed by atoms with van der Waals surface area (Å²) in [7, 11) is 0. The van der Waals surface area contributed by atoms with Crippen LogP contribution in [-0.4, -0.2) is 33.4 Å². The van der Waals surface area contributed by atoms with Crippen molar-refractivity contribution in [3.05, 3.63) is 76.6 Å². The van der Waals surface area contributed by atoms with E-state index in [4.69, 9.17) is 16.6 Å². The number of halogens is 1. The van der Waals surface area contributed by atoms with Gasteiger partial charge in [0.25, 0.3) is 5.91 Å². The quantitative estimate of drug-likeness (QED) is 0.557. The maximum Gasteiger partial charge on any atom is 0.274 e. The van der Waals surface area contributed by atoms with Crippen LogP contribution in [0.2, 0.25) is 5.02 Å². The smallest absolute Gasteiger partial charge is 0.274 e. The number of carbonyl (C=O) groups is 1. The van der Waals surface area contributed by atoms with Gasteiger partial charge < -0.3 is 9.47 Å². The van der Waals surface area contributed by atoms with E-state index in [0.29, 0.717) is 16.6 Å². The maximum atomic E-state index is 13.5. The highest BCUT2D eigenvalue weighted by atomic mass is 35.5.